The molecule has 1 aromatic rings. The van der Waals surface area contributed by atoms with Crippen molar-refractivity contribution in [2.24, 2.45) is 0 Å². The van der Waals surface area contributed by atoms with Crippen LogP contribution in [0, 0.1) is 0 Å². The van der Waals surface area contributed by atoms with Crippen molar-refractivity contribution >= 4 is 18.0 Å². The molecule has 0 saturated carbocycles. The lowest BCUT2D eigenvalue weighted by atomic mass is 10.0. The third kappa shape index (κ3) is 5.93. The summed E-state index contributed by atoms with van der Waals surface area (Å²) in [6.07, 6.45) is -2.07. The van der Waals surface area contributed by atoms with Gasteiger partial charge in [0.25, 0.3) is 5.91 Å². The standard InChI is InChI=1S/C19H26N2O7/c1-12-15(20-18(25)27-19(2,3)4)16(22)21(12)28-14(17(23)24)11-26-10-13-8-6-5-7-9-13/h5-9,12,14-15H,10-11H2,1-4H3,(H,20,25)(H,23,24). The summed E-state index contributed by atoms with van der Waals surface area (Å²) in [7, 11) is 0. The van der Waals surface area contributed by atoms with Crippen molar-refractivity contribution in [3.8, 4) is 0 Å². The molecule has 9 nitrogen and oxygen atoms in total. The number of hydrogen-bond donors (Lipinski definition) is 2. The molecule has 1 aliphatic rings. The Morgan fingerprint density at radius 1 is 1.25 bits per heavy atom. The Morgan fingerprint density at radius 2 is 1.89 bits per heavy atom. The van der Waals surface area contributed by atoms with Crippen molar-refractivity contribution in [3.63, 3.8) is 0 Å². The predicted molar refractivity (Wildman–Crippen MR) is 98.1 cm³/mol. The Balaban J connectivity index is 1.84. The molecule has 3 atom stereocenters. The average molecular weight is 394 g/mol. The molecule has 3 unspecified atom stereocenters. The molecule has 0 aliphatic carbocycles. The van der Waals surface area contributed by atoms with E-state index in [9.17, 15) is 19.5 Å². The van der Waals surface area contributed by atoms with Crippen LogP contribution in [0.15, 0.2) is 30.3 Å². The number of β-lactam (4-membered cyclic amide) rings is 1. The summed E-state index contributed by atoms with van der Waals surface area (Å²) < 4.78 is 10.5. The molecule has 1 saturated heterocycles. The van der Waals surface area contributed by atoms with Gasteiger partial charge in [0, 0.05) is 0 Å². The number of nitrogens with one attached hydrogen (secondary N) is 1. The summed E-state index contributed by atoms with van der Waals surface area (Å²) in [6.45, 7) is 6.75. The van der Waals surface area contributed by atoms with Gasteiger partial charge in [0.15, 0.2) is 0 Å². The predicted octanol–water partition coefficient (Wildman–Crippen LogP) is 1.71. The van der Waals surface area contributed by atoms with E-state index in [0.717, 1.165) is 10.6 Å². The van der Waals surface area contributed by atoms with Gasteiger partial charge in [-0.2, -0.15) is 0 Å². The second kappa shape index (κ2) is 9.03. The number of aliphatic carboxylic acids is 1. The van der Waals surface area contributed by atoms with Gasteiger partial charge < -0.3 is 19.9 Å². The number of ether oxygens (including phenoxy) is 2. The number of alkyl carbamates (subject to hydrolysis) is 1. The van der Waals surface area contributed by atoms with Gasteiger partial charge in [-0.15, -0.1) is 0 Å². The summed E-state index contributed by atoms with van der Waals surface area (Å²) in [5.41, 5.74) is 0.197. The minimum atomic E-state index is -1.35. The molecule has 1 aromatic carbocycles. The van der Waals surface area contributed by atoms with Crippen LogP contribution in [-0.2, 0) is 30.5 Å². The zero-order chi connectivity index (χ0) is 20.9. The SMILES string of the molecule is CC1C(NC(=O)OC(C)(C)C)C(=O)N1OC(COCc1ccccc1)C(=O)O. The quantitative estimate of drug-likeness (QED) is 0.645. The number of carbonyl (C=O) groups excluding carboxylic acids is 2. The molecule has 2 amide bonds. The van der Waals surface area contributed by atoms with Gasteiger partial charge >= 0.3 is 12.1 Å². The van der Waals surface area contributed by atoms with Gasteiger partial charge in [0.2, 0.25) is 6.10 Å². The normalized spacial score (nSPS) is 20.3. The van der Waals surface area contributed by atoms with Crippen LogP contribution >= 0.6 is 0 Å². The van der Waals surface area contributed by atoms with E-state index in [1.165, 1.54) is 0 Å². The Bertz CT molecular complexity index is 702. The topological polar surface area (TPSA) is 114 Å². The molecule has 2 rings (SSSR count). The Labute approximate surface area is 163 Å². The average Bonchev–Trinajstić information content (AvgIpc) is 2.61. The number of hydrogen-bond acceptors (Lipinski definition) is 6. The van der Waals surface area contributed by atoms with Crippen molar-refractivity contribution in [1.82, 2.24) is 10.4 Å². The largest absolute Gasteiger partial charge is 0.479 e. The Kier molecular flexibility index (Phi) is 6.98. The first kappa shape index (κ1) is 21.6. The highest BCUT2D eigenvalue weighted by Crippen LogP contribution is 2.22. The highest BCUT2D eigenvalue weighted by Gasteiger charge is 2.48. The summed E-state index contributed by atoms with van der Waals surface area (Å²) in [5, 5.41) is 12.7. The third-order valence-electron chi connectivity index (χ3n) is 3.90. The fourth-order valence-electron chi connectivity index (χ4n) is 2.50. The molecule has 2 N–H and O–H groups in total. The molecule has 0 aromatic heterocycles. The Morgan fingerprint density at radius 3 is 2.43 bits per heavy atom. The zero-order valence-corrected chi connectivity index (χ0v) is 16.4. The van der Waals surface area contributed by atoms with Gasteiger partial charge in [0.1, 0.15) is 11.6 Å². The molecular formula is C19H26N2O7. The van der Waals surface area contributed by atoms with Gasteiger partial charge in [0.05, 0.1) is 19.3 Å². The van der Waals surface area contributed by atoms with Crippen molar-refractivity contribution in [2.75, 3.05) is 6.61 Å². The fourth-order valence-corrected chi connectivity index (χ4v) is 2.50. The molecule has 9 heteroatoms. The van der Waals surface area contributed by atoms with E-state index in [1.807, 2.05) is 30.3 Å². The number of hydroxylamine groups is 2. The number of carbonyl (C=O) groups is 3. The molecule has 28 heavy (non-hydrogen) atoms. The molecule has 0 spiro atoms. The van der Waals surface area contributed by atoms with Crippen LogP contribution in [0.2, 0.25) is 0 Å². The van der Waals surface area contributed by atoms with Crippen LogP contribution in [0.3, 0.4) is 0 Å². The summed E-state index contributed by atoms with van der Waals surface area (Å²) in [6, 6.07) is 7.88. The number of carboxylic acid groups (broad SMARTS) is 1. The zero-order valence-electron chi connectivity index (χ0n) is 16.4. The van der Waals surface area contributed by atoms with Crippen LogP contribution in [-0.4, -0.2) is 58.5 Å². The van der Waals surface area contributed by atoms with Crippen molar-refractivity contribution < 1.29 is 33.8 Å². The van der Waals surface area contributed by atoms with Crippen LogP contribution in [0.1, 0.15) is 33.3 Å². The van der Waals surface area contributed by atoms with E-state index in [2.05, 4.69) is 5.32 Å². The third-order valence-corrected chi connectivity index (χ3v) is 3.90. The maximum absolute atomic E-state index is 12.2. The van der Waals surface area contributed by atoms with E-state index in [1.54, 1.807) is 27.7 Å². The second-order valence-corrected chi connectivity index (χ2v) is 7.46. The van der Waals surface area contributed by atoms with Crippen LogP contribution in [0.25, 0.3) is 0 Å². The number of carboxylic acids is 1. The first-order chi connectivity index (χ1) is 13.1. The van der Waals surface area contributed by atoms with E-state index < -0.39 is 41.8 Å². The number of rotatable bonds is 8. The molecule has 154 valence electrons. The molecular weight excluding hydrogens is 368 g/mol. The van der Waals surface area contributed by atoms with E-state index >= 15 is 0 Å². The van der Waals surface area contributed by atoms with E-state index in [-0.39, 0.29) is 13.2 Å². The lowest BCUT2D eigenvalue weighted by molar-refractivity contribution is -0.258. The molecule has 1 heterocycles. The van der Waals surface area contributed by atoms with Gasteiger partial charge in [-0.1, -0.05) is 30.3 Å². The van der Waals surface area contributed by atoms with E-state index in [0.29, 0.717) is 0 Å². The maximum atomic E-state index is 12.2. The lowest BCUT2D eigenvalue weighted by Crippen LogP contribution is -2.70. The minimum absolute atomic E-state index is 0.223. The summed E-state index contributed by atoms with van der Waals surface area (Å²) >= 11 is 0. The smallest absolute Gasteiger partial charge is 0.408 e. The van der Waals surface area contributed by atoms with Crippen LogP contribution in [0.5, 0.6) is 0 Å². The van der Waals surface area contributed by atoms with Crippen LogP contribution < -0.4 is 5.32 Å². The van der Waals surface area contributed by atoms with Crippen molar-refractivity contribution in [2.45, 2.75) is 58.1 Å². The minimum Gasteiger partial charge on any atom is -0.479 e. The highest BCUT2D eigenvalue weighted by molar-refractivity contribution is 5.91. The highest BCUT2D eigenvalue weighted by atomic mass is 16.7. The lowest BCUT2D eigenvalue weighted by Gasteiger charge is -2.44. The molecule has 1 aliphatic heterocycles. The number of nitrogens with zero attached hydrogens (tertiary/aromatic N) is 1. The number of benzene rings is 1. The number of amides is 2. The monoisotopic (exact) mass is 394 g/mol. The second-order valence-electron chi connectivity index (χ2n) is 7.46. The fraction of sp³-hybridized carbons (Fsp3) is 0.526. The van der Waals surface area contributed by atoms with Gasteiger partial charge in [-0.25, -0.2) is 14.7 Å². The molecule has 0 radical (unpaired) electrons. The summed E-state index contributed by atoms with van der Waals surface area (Å²) in [5.74, 6) is -1.80. The molecule has 0 bridgehead atoms. The van der Waals surface area contributed by atoms with Crippen molar-refractivity contribution in [3.05, 3.63) is 35.9 Å². The maximum Gasteiger partial charge on any atom is 0.408 e. The first-order valence-electron chi connectivity index (χ1n) is 8.92. The van der Waals surface area contributed by atoms with Crippen molar-refractivity contribution in [1.29, 1.82) is 0 Å². The molecule has 1 fully saturated rings. The first-order valence-corrected chi connectivity index (χ1v) is 8.92. The van der Waals surface area contributed by atoms with E-state index in [4.69, 9.17) is 14.3 Å². The Hall–Kier alpha value is -2.65. The van der Waals surface area contributed by atoms with Crippen LogP contribution in [0.4, 0.5) is 4.79 Å². The van der Waals surface area contributed by atoms with Gasteiger partial charge in [-0.05, 0) is 33.3 Å². The summed E-state index contributed by atoms with van der Waals surface area (Å²) in [4.78, 5) is 40.7. The van der Waals surface area contributed by atoms with Gasteiger partial charge in [-0.3, -0.25) is 9.63 Å².